The molecule has 0 aliphatic rings. The summed E-state index contributed by atoms with van der Waals surface area (Å²) in [5.74, 6) is -1.32. The number of hydrogen-bond acceptors (Lipinski definition) is 5. The molecule has 0 saturated carbocycles. The lowest BCUT2D eigenvalue weighted by molar-refractivity contribution is 0.400. The SMILES string of the molecule is O=c1c2ncsc2nc(Oc2ccc(Cl)cc2F)n1-c1ccc(F)cc1. The largest absolute Gasteiger partial charge is 0.422 e. The van der Waals surface area contributed by atoms with Gasteiger partial charge < -0.3 is 4.74 Å². The van der Waals surface area contributed by atoms with Crippen LogP contribution in [0.5, 0.6) is 11.8 Å². The van der Waals surface area contributed by atoms with Gasteiger partial charge >= 0.3 is 6.01 Å². The van der Waals surface area contributed by atoms with Crippen molar-refractivity contribution in [2.45, 2.75) is 0 Å². The average Bonchev–Trinajstić information content (AvgIpc) is 3.08. The number of ether oxygens (including phenoxy) is 1. The molecular formula is C17H8ClF2N3O2S. The summed E-state index contributed by atoms with van der Waals surface area (Å²) < 4.78 is 34.0. The van der Waals surface area contributed by atoms with E-state index in [0.29, 0.717) is 10.5 Å². The van der Waals surface area contributed by atoms with E-state index < -0.39 is 17.2 Å². The molecule has 2 aromatic carbocycles. The van der Waals surface area contributed by atoms with Crippen molar-refractivity contribution >= 4 is 33.3 Å². The van der Waals surface area contributed by atoms with Crippen molar-refractivity contribution in [2.75, 3.05) is 0 Å². The molecule has 0 fully saturated rings. The first-order chi connectivity index (χ1) is 12.5. The number of halogens is 3. The minimum atomic E-state index is -0.707. The predicted molar refractivity (Wildman–Crippen MR) is 94.5 cm³/mol. The molecule has 0 radical (unpaired) electrons. The van der Waals surface area contributed by atoms with Crippen LogP contribution in [-0.4, -0.2) is 14.5 Å². The molecule has 2 heterocycles. The summed E-state index contributed by atoms with van der Waals surface area (Å²) in [4.78, 5) is 21.4. The van der Waals surface area contributed by atoms with Crippen molar-refractivity contribution in [1.29, 1.82) is 0 Å². The zero-order valence-electron chi connectivity index (χ0n) is 12.8. The second kappa shape index (κ2) is 6.47. The van der Waals surface area contributed by atoms with Crippen LogP contribution < -0.4 is 10.3 Å². The number of aromatic nitrogens is 3. The lowest BCUT2D eigenvalue weighted by Crippen LogP contribution is -2.21. The maximum Gasteiger partial charge on any atom is 0.311 e. The molecule has 26 heavy (non-hydrogen) atoms. The van der Waals surface area contributed by atoms with E-state index in [1.807, 2.05) is 0 Å². The molecule has 4 aromatic rings. The van der Waals surface area contributed by atoms with Crippen LogP contribution in [-0.2, 0) is 0 Å². The third kappa shape index (κ3) is 2.93. The highest BCUT2D eigenvalue weighted by Gasteiger charge is 2.18. The van der Waals surface area contributed by atoms with Crippen molar-refractivity contribution in [3.8, 4) is 17.4 Å². The van der Waals surface area contributed by atoms with Crippen LogP contribution >= 0.6 is 22.9 Å². The molecule has 130 valence electrons. The van der Waals surface area contributed by atoms with Crippen LogP contribution in [0.15, 0.2) is 52.8 Å². The summed E-state index contributed by atoms with van der Waals surface area (Å²) >= 11 is 6.89. The molecular weight excluding hydrogens is 384 g/mol. The van der Waals surface area contributed by atoms with E-state index in [1.165, 1.54) is 41.9 Å². The number of nitrogens with zero attached hydrogens (tertiary/aromatic N) is 3. The first-order valence-corrected chi connectivity index (χ1v) is 8.54. The highest BCUT2D eigenvalue weighted by atomic mass is 35.5. The van der Waals surface area contributed by atoms with Gasteiger partial charge in [0.05, 0.1) is 11.2 Å². The first-order valence-electron chi connectivity index (χ1n) is 7.28. The van der Waals surface area contributed by atoms with Gasteiger partial charge in [0.15, 0.2) is 21.9 Å². The third-order valence-corrected chi connectivity index (χ3v) is 4.48. The topological polar surface area (TPSA) is 57.0 Å². The normalized spacial score (nSPS) is 11.0. The van der Waals surface area contributed by atoms with Gasteiger partial charge in [-0.1, -0.05) is 11.6 Å². The summed E-state index contributed by atoms with van der Waals surface area (Å²) in [6.45, 7) is 0. The van der Waals surface area contributed by atoms with Crippen LogP contribution in [0.3, 0.4) is 0 Å². The van der Waals surface area contributed by atoms with Crippen LogP contribution in [0, 0.1) is 11.6 Å². The number of benzene rings is 2. The second-order valence-corrected chi connectivity index (χ2v) is 6.46. The molecule has 0 unspecified atom stereocenters. The molecule has 0 aliphatic carbocycles. The van der Waals surface area contributed by atoms with E-state index in [4.69, 9.17) is 16.3 Å². The summed E-state index contributed by atoms with van der Waals surface area (Å²) in [5.41, 5.74) is 1.42. The van der Waals surface area contributed by atoms with Crippen molar-refractivity contribution in [2.24, 2.45) is 0 Å². The molecule has 0 N–H and O–H groups in total. The van der Waals surface area contributed by atoms with Gasteiger partial charge in [0.25, 0.3) is 5.56 Å². The minimum absolute atomic E-state index is 0.142. The highest BCUT2D eigenvalue weighted by Crippen LogP contribution is 2.28. The average molecular weight is 392 g/mol. The Morgan fingerprint density at radius 2 is 1.88 bits per heavy atom. The number of thiazole rings is 1. The molecule has 9 heteroatoms. The van der Waals surface area contributed by atoms with Gasteiger partial charge in [-0.25, -0.2) is 18.3 Å². The summed E-state index contributed by atoms with van der Waals surface area (Å²) in [7, 11) is 0. The zero-order valence-corrected chi connectivity index (χ0v) is 14.4. The van der Waals surface area contributed by atoms with Crippen molar-refractivity contribution in [3.63, 3.8) is 0 Å². The Morgan fingerprint density at radius 1 is 1.12 bits per heavy atom. The fourth-order valence-corrected chi connectivity index (χ4v) is 3.14. The second-order valence-electron chi connectivity index (χ2n) is 5.19. The lowest BCUT2D eigenvalue weighted by Gasteiger charge is -2.13. The van der Waals surface area contributed by atoms with Crippen LogP contribution in [0.2, 0.25) is 5.02 Å². The molecule has 4 rings (SSSR count). The Kier molecular flexibility index (Phi) is 4.14. The van der Waals surface area contributed by atoms with Gasteiger partial charge in [-0.3, -0.25) is 4.79 Å². The number of rotatable bonds is 3. The molecule has 5 nitrogen and oxygen atoms in total. The monoisotopic (exact) mass is 391 g/mol. The fraction of sp³-hybridized carbons (Fsp3) is 0. The van der Waals surface area contributed by atoms with E-state index >= 15 is 0 Å². The van der Waals surface area contributed by atoms with E-state index in [2.05, 4.69) is 9.97 Å². The Bertz CT molecular complexity index is 1180. The Labute approximate surface area is 154 Å². The molecule has 0 spiro atoms. The summed E-state index contributed by atoms with van der Waals surface area (Å²) in [5, 5.41) is 0.205. The van der Waals surface area contributed by atoms with Crippen molar-refractivity contribution < 1.29 is 13.5 Å². The number of hydrogen-bond donors (Lipinski definition) is 0. The van der Waals surface area contributed by atoms with Crippen LogP contribution in [0.4, 0.5) is 8.78 Å². The maximum absolute atomic E-state index is 14.1. The summed E-state index contributed by atoms with van der Waals surface area (Å²) in [6.07, 6.45) is 0. The van der Waals surface area contributed by atoms with Gasteiger partial charge in [0.1, 0.15) is 5.82 Å². The maximum atomic E-state index is 14.1. The van der Waals surface area contributed by atoms with Gasteiger partial charge in [0, 0.05) is 5.02 Å². The van der Waals surface area contributed by atoms with Crippen molar-refractivity contribution in [3.05, 3.63) is 75.0 Å². The summed E-state index contributed by atoms with van der Waals surface area (Å²) in [6, 6.07) is 8.87. The van der Waals surface area contributed by atoms with Gasteiger partial charge in [-0.15, -0.1) is 11.3 Å². The molecule has 0 bridgehead atoms. The molecule has 0 saturated heterocycles. The van der Waals surface area contributed by atoms with Crippen molar-refractivity contribution in [1.82, 2.24) is 14.5 Å². The van der Waals surface area contributed by atoms with Gasteiger partial charge in [0.2, 0.25) is 0 Å². The minimum Gasteiger partial charge on any atom is -0.422 e. The van der Waals surface area contributed by atoms with Crippen LogP contribution in [0.1, 0.15) is 0 Å². The Morgan fingerprint density at radius 3 is 2.62 bits per heavy atom. The van der Waals surface area contributed by atoms with E-state index in [9.17, 15) is 13.6 Å². The fourth-order valence-electron chi connectivity index (χ4n) is 2.34. The Hall–Kier alpha value is -2.84. The van der Waals surface area contributed by atoms with E-state index in [-0.39, 0.29) is 22.3 Å². The lowest BCUT2D eigenvalue weighted by atomic mass is 10.3. The first kappa shape index (κ1) is 16.6. The smallest absolute Gasteiger partial charge is 0.311 e. The highest BCUT2D eigenvalue weighted by molar-refractivity contribution is 7.16. The Balaban J connectivity index is 1.93. The van der Waals surface area contributed by atoms with Gasteiger partial charge in [-0.2, -0.15) is 4.98 Å². The molecule has 0 amide bonds. The third-order valence-electron chi connectivity index (χ3n) is 3.52. The zero-order chi connectivity index (χ0) is 18.3. The predicted octanol–water partition coefficient (Wildman–Crippen LogP) is 4.57. The molecule has 0 aliphatic heterocycles. The van der Waals surface area contributed by atoms with E-state index in [1.54, 1.807) is 0 Å². The quantitative estimate of drug-likeness (QED) is 0.513. The molecule has 2 aromatic heterocycles. The number of fused-ring (bicyclic) bond motifs is 1. The standard InChI is InChI=1S/C17H8ClF2N3O2S/c18-9-1-6-13(12(20)7-9)25-17-22-15-14(21-8-26-15)16(24)23(17)11-4-2-10(19)3-5-11/h1-8H. The van der Waals surface area contributed by atoms with Crippen LogP contribution in [0.25, 0.3) is 16.0 Å². The van der Waals surface area contributed by atoms with Gasteiger partial charge in [-0.05, 0) is 42.5 Å². The van der Waals surface area contributed by atoms with E-state index in [0.717, 1.165) is 22.0 Å². The molecule has 0 atom stereocenters.